The zero-order valence-electron chi connectivity index (χ0n) is 17.5. The number of fused-ring (bicyclic) bond motifs is 1. The molecule has 2 aromatic carbocycles. The smallest absolute Gasteiger partial charge is 0.296 e. The van der Waals surface area contributed by atoms with Crippen LogP contribution in [-0.4, -0.2) is 45.1 Å². The highest BCUT2D eigenvalue weighted by Gasteiger charge is 2.27. The minimum Gasteiger partial charge on any atom is -0.399 e. The first-order valence-electron chi connectivity index (χ1n) is 10.3. The zero-order valence-corrected chi connectivity index (χ0v) is 18.3. The van der Waals surface area contributed by atoms with Crippen LogP contribution in [0.25, 0.3) is 10.9 Å². The van der Waals surface area contributed by atoms with Crippen molar-refractivity contribution < 1.29 is 9.59 Å². The third-order valence-electron chi connectivity index (χ3n) is 5.48. The molecule has 2 atom stereocenters. The number of aromatic nitrogens is 2. The van der Waals surface area contributed by atoms with Crippen LogP contribution in [0.4, 0.5) is 11.6 Å². The van der Waals surface area contributed by atoms with Gasteiger partial charge in [-0.25, -0.2) is 9.97 Å². The Balaban J connectivity index is 1.46. The number of carbonyl (C=O) groups excluding carboxylic acids is 2. The molecule has 1 amide bonds. The molecule has 0 spiro atoms. The van der Waals surface area contributed by atoms with Crippen molar-refractivity contribution in [2.45, 2.75) is 25.3 Å². The summed E-state index contributed by atoms with van der Waals surface area (Å²) in [7, 11) is 0. The van der Waals surface area contributed by atoms with E-state index < -0.39 is 5.24 Å². The van der Waals surface area contributed by atoms with Crippen LogP contribution in [0.15, 0.2) is 48.7 Å². The molecule has 0 bridgehead atoms. The number of halogens is 1. The average molecular weight is 448 g/mol. The zero-order chi connectivity index (χ0) is 22.7. The fourth-order valence-corrected chi connectivity index (χ4v) is 3.88. The number of carbonyl (C=O) groups is 2. The Morgan fingerprint density at radius 2 is 2.03 bits per heavy atom. The quantitative estimate of drug-likeness (QED) is 0.361. The van der Waals surface area contributed by atoms with Gasteiger partial charge in [-0.05, 0) is 66.8 Å². The number of nitrogens with zero attached hydrogens (tertiary/aromatic N) is 3. The van der Waals surface area contributed by atoms with E-state index in [1.807, 2.05) is 30.0 Å². The van der Waals surface area contributed by atoms with E-state index in [-0.39, 0.29) is 17.9 Å². The van der Waals surface area contributed by atoms with E-state index in [4.69, 9.17) is 17.3 Å². The fourth-order valence-electron chi connectivity index (χ4n) is 3.82. The second-order valence-corrected chi connectivity index (χ2v) is 8.08. The van der Waals surface area contributed by atoms with Gasteiger partial charge in [0.05, 0.1) is 5.52 Å². The molecule has 32 heavy (non-hydrogen) atoms. The summed E-state index contributed by atoms with van der Waals surface area (Å²) in [5.41, 5.74) is 8.67. The molecule has 8 heteroatoms. The summed E-state index contributed by atoms with van der Waals surface area (Å²) in [6, 6.07) is 12.8. The SMILES string of the molecule is CC(C#CC(=O)Cl)c1cccc2nc(N[C@@H]3CCN(C(=O)c4ccc(N)cc4)C3)ncc12. The van der Waals surface area contributed by atoms with Crippen LogP contribution in [0.5, 0.6) is 0 Å². The van der Waals surface area contributed by atoms with Gasteiger partial charge >= 0.3 is 0 Å². The molecule has 1 unspecified atom stereocenters. The lowest BCUT2D eigenvalue weighted by atomic mass is 9.98. The predicted molar refractivity (Wildman–Crippen MR) is 125 cm³/mol. The van der Waals surface area contributed by atoms with Gasteiger partial charge in [0.1, 0.15) is 0 Å². The van der Waals surface area contributed by atoms with Crippen molar-refractivity contribution in [1.29, 1.82) is 0 Å². The molecule has 4 rings (SSSR count). The van der Waals surface area contributed by atoms with Gasteiger partial charge in [0.15, 0.2) is 0 Å². The summed E-state index contributed by atoms with van der Waals surface area (Å²) in [4.78, 5) is 34.6. The molecule has 2 heterocycles. The van der Waals surface area contributed by atoms with E-state index in [9.17, 15) is 9.59 Å². The van der Waals surface area contributed by atoms with Crippen molar-refractivity contribution in [3.05, 3.63) is 59.8 Å². The number of nitrogens with two attached hydrogens (primary N) is 1. The van der Waals surface area contributed by atoms with Crippen molar-refractivity contribution in [2.75, 3.05) is 24.1 Å². The molecule has 7 nitrogen and oxygen atoms in total. The summed E-state index contributed by atoms with van der Waals surface area (Å²) in [6.45, 7) is 3.14. The first-order valence-corrected chi connectivity index (χ1v) is 10.7. The van der Waals surface area contributed by atoms with Crippen molar-refractivity contribution in [1.82, 2.24) is 14.9 Å². The van der Waals surface area contributed by atoms with E-state index in [1.165, 1.54) is 0 Å². The van der Waals surface area contributed by atoms with Gasteiger partial charge < -0.3 is 16.0 Å². The lowest BCUT2D eigenvalue weighted by Crippen LogP contribution is -2.31. The Morgan fingerprint density at radius 1 is 1.25 bits per heavy atom. The molecule has 0 radical (unpaired) electrons. The highest BCUT2D eigenvalue weighted by Crippen LogP contribution is 2.25. The van der Waals surface area contributed by atoms with Gasteiger partial charge in [-0.1, -0.05) is 18.1 Å². The first-order chi connectivity index (χ1) is 15.4. The lowest BCUT2D eigenvalue weighted by molar-refractivity contribution is -0.107. The molecule has 0 aliphatic carbocycles. The highest BCUT2D eigenvalue weighted by molar-refractivity contribution is 6.68. The van der Waals surface area contributed by atoms with Crippen LogP contribution in [-0.2, 0) is 4.79 Å². The van der Waals surface area contributed by atoms with Gasteiger partial charge in [0.25, 0.3) is 11.1 Å². The van der Waals surface area contributed by atoms with Gasteiger partial charge in [0.2, 0.25) is 5.95 Å². The Morgan fingerprint density at radius 3 is 2.78 bits per heavy atom. The van der Waals surface area contributed by atoms with E-state index in [0.29, 0.717) is 30.3 Å². The maximum Gasteiger partial charge on any atom is 0.296 e. The Labute approximate surface area is 191 Å². The van der Waals surface area contributed by atoms with Crippen molar-refractivity contribution in [3.63, 3.8) is 0 Å². The maximum atomic E-state index is 12.7. The number of anilines is 2. The molecule has 162 valence electrons. The first kappa shape index (κ1) is 21.6. The van der Waals surface area contributed by atoms with Crippen LogP contribution in [0, 0.1) is 11.8 Å². The summed E-state index contributed by atoms with van der Waals surface area (Å²) >= 11 is 5.33. The highest BCUT2D eigenvalue weighted by atomic mass is 35.5. The number of hydrogen-bond donors (Lipinski definition) is 2. The van der Waals surface area contributed by atoms with Gasteiger partial charge in [-0.2, -0.15) is 0 Å². The molecular formula is C24H22ClN5O2. The number of likely N-dealkylation sites (tertiary alicyclic amines) is 1. The minimum absolute atomic E-state index is 0.0103. The molecule has 3 aromatic rings. The maximum absolute atomic E-state index is 12.7. The number of rotatable bonds is 4. The Hall–Kier alpha value is -3.63. The van der Waals surface area contributed by atoms with E-state index in [1.54, 1.807) is 30.5 Å². The van der Waals surface area contributed by atoms with Crippen LogP contribution in [0.1, 0.15) is 35.2 Å². The number of hydrogen-bond acceptors (Lipinski definition) is 6. The largest absolute Gasteiger partial charge is 0.399 e. The van der Waals surface area contributed by atoms with E-state index in [0.717, 1.165) is 22.9 Å². The molecule has 1 fully saturated rings. The fraction of sp³-hybridized carbons (Fsp3) is 0.250. The summed E-state index contributed by atoms with van der Waals surface area (Å²) < 4.78 is 0. The Bertz CT molecular complexity index is 1230. The molecular weight excluding hydrogens is 426 g/mol. The average Bonchev–Trinajstić information content (AvgIpc) is 3.25. The molecule has 1 aliphatic rings. The number of nitrogen functional groups attached to an aromatic ring is 1. The second-order valence-electron chi connectivity index (χ2n) is 7.74. The van der Waals surface area contributed by atoms with E-state index in [2.05, 4.69) is 27.1 Å². The van der Waals surface area contributed by atoms with Crippen molar-refractivity contribution in [2.24, 2.45) is 0 Å². The van der Waals surface area contributed by atoms with Crippen LogP contribution in [0.2, 0.25) is 0 Å². The normalized spacial score (nSPS) is 16.3. The number of nitrogens with one attached hydrogen (secondary N) is 1. The number of amides is 1. The van der Waals surface area contributed by atoms with Crippen molar-refractivity contribution in [3.8, 4) is 11.8 Å². The molecule has 1 saturated heterocycles. The summed E-state index contributed by atoms with van der Waals surface area (Å²) in [5, 5.41) is 3.53. The number of benzene rings is 2. The minimum atomic E-state index is -0.680. The molecule has 0 saturated carbocycles. The lowest BCUT2D eigenvalue weighted by Gasteiger charge is -2.17. The molecule has 1 aromatic heterocycles. The predicted octanol–water partition coefficient (Wildman–Crippen LogP) is 3.41. The van der Waals surface area contributed by atoms with E-state index >= 15 is 0 Å². The summed E-state index contributed by atoms with van der Waals surface area (Å²) in [6.07, 6.45) is 2.56. The van der Waals surface area contributed by atoms with Gasteiger partial charge in [-0.15, -0.1) is 0 Å². The van der Waals surface area contributed by atoms with Crippen LogP contribution < -0.4 is 11.1 Å². The van der Waals surface area contributed by atoms with Gasteiger partial charge in [0, 0.05) is 47.9 Å². The third-order valence-corrected chi connectivity index (χ3v) is 5.57. The standard InChI is InChI=1S/C24H22ClN5O2/c1-15(5-10-22(25)31)19-3-2-4-21-20(19)13-27-24(29-21)28-18-11-12-30(14-18)23(32)16-6-8-17(26)9-7-16/h2-4,6-9,13,15,18H,11-12,14,26H2,1H3,(H,27,28,29)/t15?,18-/m1/s1. The van der Waals surface area contributed by atoms with Crippen LogP contribution in [0.3, 0.4) is 0 Å². The Kier molecular flexibility index (Phi) is 6.24. The third kappa shape index (κ3) is 4.82. The molecule has 3 N–H and O–H groups in total. The summed E-state index contributed by atoms with van der Waals surface area (Å²) in [5.74, 6) is 5.54. The molecule has 1 aliphatic heterocycles. The van der Waals surface area contributed by atoms with Crippen LogP contribution >= 0.6 is 11.6 Å². The second kappa shape index (κ2) is 9.25. The monoisotopic (exact) mass is 447 g/mol. The van der Waals surface area contributed by atoms with Gasteiger partial charge in [-0.3, -0.25) is 9.59 Å². The van der Waals surface area contributed by atoms with Crippen molar-refractivity contribution >= 4 is 45.3 Å². The topological polar surface area (TPSA) is 101 Å².